The van der Waals surface area contributed by atoms with E-state index in [4.69, 9.17) is 5.11 Å². The highest BCUT2D eigenvalue weighted by molar-refractivity contribution is 7.71. The second kappa shape index (κ2) is 5.45. The first kappa shape index (κ1) is 13.6. The summed E-state index contributed by atoms with van der Waals surface area (Å²) in [6, 6.07) is 5.67. The fraction of sp³-hybridized carbons (Fsp3) is 0. The Hall–Kier alpha value is -2.81. The van der Waals surface area contributed by atoms with Crippen LogP contribution in [0.3, 0.4) is 0 Å². The second-order valence-corrected chi connectivity index (χ2v) is 4.07. The third kappa shape index (κ3) is 2.95. The van der Waals surface area contributed by atoms with Crippen LogP contribution in [0.2, 0.25) is 0 Å². The first-order chi connectivity index (χ1) is 9.47. The number of aromatic hydroxyl groups is 1. The summed E-state index contributed by atoms with van der Waals surface area (Å²) in [6.07, 6.45) is 0. The lowest BCUT2D eigenvalue weighted by molar-refractivity contribution is 0.0697. The lowest BCUT2D eigenvalue weighted by Gasteiger charge is -1.97. The van der Waals surface area contributed by atoms with E-state index in [2.05, 4.69) is 32.4 Å². The molecule has 9 heteroatoms. The summed E-state index contributed by atoms with van der Waals surface area (Å²) in [5.41, 5.74) is -0.790. The van der Waals surface area contributed by atoms with Crippen molar-refractivity contribution in [2.24, 2.45) is 10.2 Å². The predicted molar refractivity (Wildman–Crippen MR) is 71.5 cm³/mol. The molecule has 0 bridgehead atoms. The summed E-state index contributed by atoms with van der Waals surface area (Å²) in [7, 11) is 0. The lowest BCUT2D eigenvalue weighted by atomic mass is 10.2. The quantitative estimate of drug-likeness (QED) is 0.509. The minimum Gasteiger partial charge on any atom is -0.493 e. The summed E-state index contributed by atoms with van der Waals surface area (Å²) in [4.78, 5) is 26.9. The van der Waals surface area contributed by atoms with Crippen molar-refractivity contribution in [3.05, 3.63) is 45.0 Å². The fourth-order valence-corrected chi connectivity index (χ4v) is 1.56. The molecule has 0 saturated heterocycles. The largest absolute Gasteiger partial charge is 0.493 e. The Morgan fingerprint density at radius 3 is 2.65 bits per heavy atom. The maximum atomic E-state index is 11.5. The molecule has 0 aliphatic rings. The van der Waals surface area contributed by atoms with Gasteiger partial charge in [0.05, 0.1) is 11.3 Å². The number of H-pyrrole nitrogens is 2. The van der Waals surface area contributed by atoms with E-state index in [-0.39, 0.29) is 21.7 Å². The van der Waals surface area contributed by atoms with Crippen molar-refractivity contribution < 1.29 is 15.0 Å². The highest BCUT2D eigenvalue weighted by Gasteiger charge is 2.07. The van der Waals surface area contributed by atoms with Crippen molar-refractivity contribution in [3.63, 3.8) is 0 Å². The molecule has 1 aromatic carbocycles. The van der Waals surface area contributed by atoms with Crippen LogP contribution in [-0.2, 0) is 0 Å². The van der Waals surface area contributed by atoms with E-state index in [1.807, 2.05) is 0 Å². The van der Waals surface area contributed by atoms with Gasteiger partial charge in [-0.25, -0.2) is 4.79 Å². The Labute approximate surface area is 116 Å². The van der Waals surface area contributed by atoms with Crippen LogP contribution in [0.25, 0.3) is 0 Å². The highest BCUT2D eigenvalue weighted by atomic mass is 32.1. The van der Waals surface area contributed by atoms with Gasteiger partial charge >= 0.3 is 5.97 Å². The van der Waals surface area contributed by atoms with Gasteiger partial charge in [-0.1, -0.05) is 6.07 Å². The molecule has 20 heavy (non-hydrogen) atoms. The number of aromatic carboxylic acids is 1. The minimum atomic E-state index is -1.11. The zero-order valence-electron chi connectivity index (χ0n) is 9.82. The van der Waals surface area contributed by atoms with E-state index in [1.165, 1.54) is 24.3 Å². The van der Waals surface area contributed by atoms with Crippen LogP contribution in [-0.4, -0.2) is 26.2 Å². The highest BCUT2D eigenvalue weighted by Crippen LogP contribution is 2.21. The number of carbonyl (C=O) groups is 1. The van der Waals surface area contributed by atoms with Crippen LogP contribution < -0.4 is 5.56 Å². The topological polar surface area (TPSA) is 131 Å². The van der Waals surface area contributed by atoms with E-state index in [0.29, 0.717) is 0 Å². The molecule has 0 amide bonds. The van der Waals surface area contributed by atoms with Gasteiger partial charge in [0.1, 0.15) is 0 Å². The van der Waals surface area contributed by atoms with E-state index >= 15 is 0 Å². The molecular formula is C11H8N4O4S. The molecule has 0 unspecified atom stereocenters. The number of nitrogens with one attached hydrogen (secondary N) is 2. The summed E-state index contributed by atoms with van der Waals surface area (Å²) < 4.78 is -0.0423. The number of benzene rings is 1. The maximum Gasteiger partial charge on any atom is 0.335 e. The fourth-order valence-electron chi connectivity index (χ4n) is 1.37. The maximum absolute atomic E-state index is 11.5. The molecule has 1 heterocycles. The molecule has 1 aromatic heterocycles. The standard InChI is InChI=1S/C11H8N4O4S/c16-8-7(9(17)13-11(20)12-8)15-14-6-3-1-2-5(4-6)10(18)19/h1-4H,(H,18,19)(H3,12,13,16,17,20). The first-order valence-electron chi connectivity index (χ1n) is 5.28. The van der Waals surface area contributed by atoms with Gasteiger partial charge in [0, 0.05) is 0 Å². The molecule has 0 fully saturated rings. The number of azo groups is 1. The zero-order chi connectivity index (χ0) is 14.7. The molecule has 0 aliphatic carbocycles. The van der Waals surface area contributed by atoms with Gasteiger partial charge in [-0.2, -0.15) is 5.11 Å². The molecule has 0 spiro atoms. The average Bonchev–Trinajstić information content (AvgIpc) is 2.37. The molecule has 0 atom stereocenters. The van der Waals surface area contributed by atoms with Crippen molar-refractivity contribution in [2.75, 3.05) is 0 Å². The van der Waals surface area contributed by atoms with Gasteiger partial charge in [-0.3, -0.25) is 9.78 Å². The molecule has 0 radical (unpaired) electrons. The smallest absolute Gasteiger partial charge is 0.335 e. The van der Waals surface area contributed by atoms with Crippen LogP contribution in [0.15, 0.2) is 39.3 Å². The van der Waals surface area contributed by atoms with E-state index in [0.717, 1.165) is 0 Å². The van der Waals surface area contributed by atoms with Crippen molar-refractivity contribution in [1.29, 1.82) is 0 Å². The van der Waals surface area contributed by atoms with Gasteiger partial charge in [-0.15, -0.1) is 5.11 Å². The van der Waals surface area contributed by atoms with Gasteiger partial charge < -0.3 is 15.2 Å². The Kier molecular flexibility index (Phi) is 3.71. The monoisotopic (exact) mass is 292 g/mol. The van der Waals surface area contributed by atoms with Crippen LogP contribution in [0, 0.1) is 4.77 Å². The number of carboxylic acids is 1. The van der Waals surface area contributed by atoms with Crippen LogP contribution >= 0.6 is 12.2 Å². The van der Waals surface area contributed by atoms with Crippen LogP contribution in [0.1, 0.15) is 10.4 Å². The molecule has 8 nitrogen and oxygen atoms in total. The third-order valence-corrected chi connectivity index (χ3v) is 2.46. The minimum absolute atomic E-state index is 0.0343. The Balaban J connectivity index is 2.40. The molecule has 0 aliphatic heterocycles. The molecule has 102 valence electrons. The van der Waals surface area contributed by atoms with Gasteiger partial charge in [-0.05, 0) is 30.4 Å². The zero-order valence-corrected chi connectivity index (χ0v) is 10.6. The molecule has 0 saturated carbocycles. The van der Waals surface area contributed by atoms with E-state index in [1.54, 1.807) is 0 Å². The Bertz CT molecular complexity index is 809. The van der Waals surface area contributed by atoms with Crippen molar-refractivity contribution in [3.8, 4) is 5.88 Å². The average molecular weight is 292 g/mol. The summed E-state index contributed by atoms with van der Waals surface area (Å²) >= 11 is 4.66. The Morgan fingerprint density at radius 1 is 1.25 bits per heavy atom. The molecule has 2 aromatic rings. The molecule has 2 rings (SSSR count). The van der Waals surface area contributed by atoms with Crippen molar-refractivity contribution in [2.45, 2.75) is 0 Å². The number of nitrogens with zero attached hydrogens (tertiary/aromatic N) is 2. The van der Waals surface area contributed by atoms with Gasteiger partial charge in [0.15, 0.2) is 4.77 Å². The molecule has 4 N–H and O–H groups in total. The summed E-state index contributed by atoms with van der Waals surface area (Å²) in [5, 5.41) is 25.6. The van der Waals surface area contributed by atoms with Crippen molar-refractivity contribution >= 4 is 29.6 Å². The summed E-state index contributed by atoms with van der Waals surface area (Å²) in [6.45, 7) is 0. The number of carboxylic acid groups (broad SMARTS) is 1. The van der Waals surface area contributed by atoms with Crippen molar-refractivity contribution in [1.82, 2.24) is 9.97 Å². The molecular weight excluding hydrogens is 284 g/mol. The summed E-state index contributed by atoms with van der Waals surface area (Å²) in [5.74, 6) is -1.62. The lowest BCUT2D eigenvalue weighted by Crippen LogP contribution is -2.06. The van der Waals surface area contributed by atoms with Gasteiger partial charge in [0.2, 0.25) is 11.6 Å². The predicted octanol–water partition coefficient (Wildman–Crippen LogP) is 2.25. The number of hydrogen-bond donors (Lipinski definition) is 4. The number of hydrogen-bond acceptors (Lipinski definition) is 6. The third-order valence-electron chi connectivity index (χ3n) is 2.26. The number of rotatable bonds is 3. The van der Waals surface area contributed by atoms with Crippen LogP contribution in [0.4, 0.5) is 11.4 Å². The van der Waals surface area contributed by atoms with Gasteiger partial charge in [0.25, 0.3) is 5.56 Å². The normalized spacial score (nSPS) is 10.8. The SMILES string of the molecule is O=C(O)c1cccc(N=Nc2c(O)[nH]c(=S)[nH]c2=O)c1. The van der Waals surface area contributed by atoms with E-state index in [9.17, 15) is 14.7 Å². The Morgan fingerprint density at radius 2 is 2.00 bits per heavy atom. The van der Waals surface area contributed by atoms with E-state index < -0.39 is 17.4 Å². The first-order valence-corrected chi connectivity index (χ1v) is 5.69. The van der Waals surface area contributed by atoms with Crippen LogP contribution in [0.5, 0.6) is 5.88 Å². The second-order valence-electron chi connectivity index (χ2n) is 3.66. The number of aromatic amines is 2. The number of aromatic nitrogens is 2.